The first-order valence-corrected chi connectivity index (χ1v) is 14.6. The van der Waals surface area contributed by atoms with Crippen molar-refractivity contribution in [2.45, 2.75) is 69.9 Å². The number of carbonyl (C=O) groups excluding carboxylic acids is 4. The molecule has 0 saturated carbocycles. The Morgan fingerprint density at radius 2 is 1.71 bits per heavy atom. The van der Waals surface area contributed by atoms with Gasteiger partial charge < -0.3 is 21.3 Å². The van der Waals surface area contributed by atoms with Gasteiger partial charge in [-0.3, -0.25) is 19.2 Å². The van der Waals surface area contributed by atoms with E-state index in [1.807, 2.05) is 20.8 Å². The SMILES string of the molecule is Cc1ccc(S(=O)(=O)N2CCC[C@H](C(=O)N3CCC[C@H]3C(=O)N[C@H](CC(C)C)C(=O)NCC(N)=O)C2)cc1. The van der Waals surface area contributed by atoms with Crippen molar-refractivity contribution in [1.29, 1.82) is 0 Å². The molecule has 11 nitrogen and oxygen atoms in total. The first kappa shape index (κ1) is 29.6. The second kappa shape index (κ2) is 12.7. The highest BCUT2D eigenvalue weighted by atomic mass is 32.2. The number of nitrogens with zero attached hydrogens (tertiary/aromatic N) is 2. The standard InChI is InChI=1S/C26H39N5O6S/c1-17(2)14-21(24(33)28-15-23(27)32)29-25(34)22-7-5-13-31(22)26(35)19-6-4-12-30(16-19)38(36,37)20-10-8-18(3)9-11-20/h8-11,17,19,21-22H,4-7,12-16H2,1-3H3,(H2,27,32)(H,28,33)(H,29,34)/t19-,21+,22-/m0/s1. The molecule has 0 aromatic heterocycles. The zero-order chi connectivity index (χ0) is 28.0. The van der Waals surface area contributed by atoms with Crippen molar-refractivity contribution in [3.63, 3.8) is 0 Å². The average Bonchev–Trinajstić information content (AvgIpc) is 3.36. The number of nitrogens with one attached hydrogen (secondary N) is 2. The monoisotopic (exact) mass is 549 g/mol. The summed E-state index contributed by atoms with van der Waals surface area (Å²) in [4.78, 5) is 52.1. The van der Waals surface area contributed by atoms with Gasteiger partial charge in [0, 0.05) is 19.6 Å². The molecule has 0 bridgehead atoms. The molecule has 0 spiro atoms. The van der Waals surface area contributed by atoms with Gasteiger partial charge in [-0.15, -0.1) is 0 Å². The van der Waals surface area contributed by atoms with Gasteiger partial charge in [-0.05, 0) is 57.1 Å². The molecule has 210 valence electrons. The first-order chi connectivity index (χ1) is 17.9. The number of hydrogen-bond acceptors (Lipinski definition) is 6. The van der Waals surface area contributed by atoms with Crippen LogP contribution in [0.25, 0.3) is 0 Å². The predicted octanol–water partition coefficient (Wildman–Crippen LogP) is 0.519. The number of rotatable bonds is 10. The Balaban J connectivity index is 1.68. The maximum atomic E-state index is 13.5. The molecule has 3 atom stereocenters. The van der Waals surface area contributed by atoms with Gasteiger partial charge in [0.1, 0.15) is 12.1 Å². The van der Waals surface area contributed by atoms with Crippen LogP contribution in [0.3, 0.4) is 0 Å². The van der Waals surface area contributed by atoms with Crippen molar-refractivity contribution in [2.24, 2.45) is 17.6 Å². The van der Waals surface area contributed by atoms with Crippen LogP contribution in [0.2, 0.25) is 0 Å². The highest BCUT2D eigenvalue weighted by molar-refractivity contribution is 7.89. The van der Waals surface area contributed by atoms with E-state index < -0.39 is 45.7 Å². The smallest absolute Gasteiger partial charge is 0.243 e. The normalized spacial score (nSPS) is 21.2. The molecule has 0 radical (unpaired) electrons. The second-order valence-corrected chi connectivity index (χ2v) is 12.5. The molecule has 12 heteroatoms. The number of likely N-dealkylation sites (tertiary alicyclic amines) is 1. The predicted molar refractivity (Wildman–Crippen MR) is 141 cm³/mol. The van der Waals surface area contributed by atoms with Gasteiger partial charge in [0.2, 0.25) is 33.7 Å². The third kappa shape index (κ3) is 7.31. The number of hydrogen-bond donors (Lipinski definition) is 3. The molecule has 4 N–H and O–H groups in total. The van der Waals surface area contributed by atoms with Crippen LogP contribution in [-0.4, -0.2) is 79.5 Å². The van der Waals surface area contributed by atoms with E-state index in [1.165, 1.54) is 9.21 Å². The number of amides is 4. The molecule has 2 aliphatic heterocycles. The van der Waals surface area contributed by atoms with E-state index in [4.69, 9.17) is 5.73 Å². The van der Waals surface area contributed by atoms with Crippen LogP contribution in [0.5, 0.6) is 0 Å². The quantitative estimate of drug-likeness (QED) is 0.386. The van der Waals surface area contributed by atoms with E-state index in [-0.39, 0.29) is 29.8 Å². The van der Waals surface area contributed by atoms with E-state index in [0.29, 0.717) is 45.2 Å². The Bertz CT molecular complexity index is 1140. The fourth-order valence-electron chi connectivity index (χ4n) is 5.03. The number of sulfonamides is 1. The van der Waals surface area contributed by atoms with E-state index in [0.717, 1.165) is 5.56 Å². The van der Waals surface area contributed by atoms with Crippen LogP contribution >= 0.6 is 0 Å². The molecule has 0 aliphatic carbocycles. The van der Waals surface area contributed by atoms with Crippen molar-refractivity contribution < 1.29 is 27.6 Å². The average molecular weight is 550 g/mol. The largest absolute Gasteiger partial charge is 0.368 e. The number of piperidine rings is 1. The molecule has 0 unspecified atom stereocenters. The summed E-state index contributed by atoms with van der Waals surface area (Å²) >= 11 is 0. The van der Waals surface area contributed by atoms with Gasteiger partial charge in [-0.1, -0.05) is 31.5 Å². The van der Waals surface area contributed by atoms with Crippen molar-refractivity contribution >= 4 is 33.7 Å². The van der Waals surface area contributed by atoms with Gasteiger partial charge in [-0.25, -0.2) is 8.42 Å². The molecule has 4 amide bonds. The van der Waals surface area contributed by atoms with Gasteiger partial charge in [-0.2, -0.15) is 4.31 Å². The van der Waals surface area contributed by atoms with Crippen LogP contribution in [0.15, 0.2) is 29.2 Å². The van der Waals surface area contributed by atoms with Crippen LogP contribution in [0, 0.1) is 18.8 Å². The van der Waals surface area contributed by atoms with Gasteiger partial charge in [0.25, 0.3) is 0 Å². The molecule has 38 heavy (non-hydrogen) atoms. The second-order valence-electron chi connectivity index (χ2n) is 10.6. The minimum Gasteiger partial charge on any atom is -0.368 e. The summed E-state index contributed by atoms with van der Waals surface area (Å²) in [6.45, 7) is 6.15. The summed E-state index contributed by atoms with van der Waals surface area (Å²) < 4.78 is 27.8. The third-order valence-corrected chi connectivity index (χ3v) is 8.89. The summed E-state index contributed by atoms with van der Waals surface area (Å²) in [5.41, 5.74) is 6.07. The lowest BCUT2D eigenvalue weighted by Gasteiger charge is -2.35. The van der Waals surface area contributed by atoms with Crippen molar-refractivity contribution in [2.75, 3.05) is 26.2 Å². The maximum Gasteiger partial charge on any atom is 0.243 e. The van der Waals surface area contributed by atoms with Gasteiger partial charge >= 0.3 is 0 Å². The molecular formula is C26H39N5O6S. The first-order valence-electron chi connectivity index (χ1n) is 13.1. The lowest BCUT2D eigenvalue weighted by atomic mass is 9.97. The Morgan fingerprint density at radius 1 is 1.05 bits per heavy atom. The molecule has 2 saturated heterocycles. The van der Waals surface area contributed by atoms with Crippen LogP contribution < -0.4 is 16.4 Å². The molecule has 2 aliphatic rings. The van der Waals surface area contributed by atoms with E-state index in [2.05, 4.69) is 10.6 Å². The van der Waals surface area contributed by atoms with E-state index in [9.17, 15) is 27.6 Å². The number of benzene rings is 1. The van der Waals surface area contributed by atoms with Crippen molar-refractivity contribution in [3.8, 4) is 0 Å². The minimum absolute atomic E-state index is 0.0609. The molecule has 3 rings (SSSR count). The van der Waals surface area contributed by atoms with Crippen molar-refractivity contribution in [3.05, 3.63) is 29.8 Å². The summed E-state index contributed by atoms with van der Waals surface area (Å²) in [5.74, 6) is -2.34. The fourth-order valence-corrected chi connectivity index (χ4v) is 6.55. The summed E-state index contributed by atoms with van der Waals surface area (Å²) in [5, 5.41) is 5.19. The molecule has 1 aromatic rings. The minimum atomic E-state index is -3.74. The van der Waals surface area contributed by atoms with Crippen LogP contribution in [-0.2, 0) is 29.2 Å². The summed E-state index contributed by atoms with van der Waals surface area (Å²) in [6.07, 6.45) is 2.51. The maximum absolute atomic E-state index is 13.5. The number of nitrogens with two attached hydrogens (primary N) is 1. The Kier molecular flexibility index (Phi) is 9.88. The molecule has 1 aromatic carbocycles. The van der Waals surface area contributed by atoms with Crippen LogP contribution in [0.4, 0.5) is 0 Å². The Hall–Kier alpha value is -2.99. The lowest BCUT2D eigenvalue weighted by molar-refractivity contribution is -0.143. The highest BCUT2D eigenvalue weighted by Crippen LogP contribution is 2.28. The Morgan fingerprint density at radius 3 is 2.34 bits per heavy atom. The Labute approximate surface area is 224 Å². The highest BCUT2D eigenvalue weighted by Gasteiger charge is 2.41. The summed E-state index contributed by atoms with van der Waals surface area (Å²) in [6, 6.07) is 5.02. The number of primary amides is 1. The van der Waals surface area contributed by atoms with Gasteiger partial charge in [0.15, 0.2) is 0 Å². The molecular weight excluding hydrogens is 510 g/mol. The zero-order valence-corrected chi connectivity index (χ0v) is 23.1. The van der Waals surface area contributed by atoms with Crippen molar-refractivity contribution in [1.82, 2.24) is 19.8 Å². The topological polar surface area (TPSA) is 159 Å². The van der Waals surface area contributed by atoms with Gasteiger partial charge in [0.05, 0.1) is 17.4 Å². The van der Waals surface area contributed by atoms with E-state index >= 15 is 0 Å². The lowest BCUT2D eigenvalue weighted by Crippen LogP contribution is -2.55. The zero-order valence-electron chi connectivity index (χ0n) is 22.3. The van der Waals surface area contributed by atoms with Crippen LogP contribution in [0.1, 0.15) is 51.5 Å². The van der Waals surface area contributed by atoms with E-state index in [1.54, 1.807) is 24.3 Å². The fraction of sp³-hybridized carbons (Fsp3) is 0.615. The molecule has 2 heterocycles. The number of aryl methyl sites for hydroxylation is 1. The summed E-state index contributed by atoms with van der Waals surface area (Å²) in [7, 11) is -3.74. The number of carbonyl (C=O) groups is 4. The molecule has 2 fully saturated rings. The third-order valence-electron chi connectivity index (χ3n) is 7.01.